The number of ether oxygens (including phenoxy) is 3. The minimum Gasteiger partial charge on any atom is -1.00 e. The van der Waals surface area contributed by atoms with Crippen molar-refractivity contribution in [3.63, 3.8) is 0 Å². The Morgan fingerprint density at radius 1 is 0.223 bits per heavy atom. The van der Waals surface area contributed by atoms with Crippen molar-refractivity contribution < 1.29 is 87.6 Å². The molecule has 0 saturated carbocycles. The molecule has 0 saturated heterocycles. The largest absolute Gasteiger partial charge is 1.00 e. The van der Waals surface area contributed by atoms with Crippen LogP contribution >= 0.6 is 14.5 Å². The van der Waals surface area contributed by atoms with Gasteiger partial charge in [-0.1, -0.05) is 466 Å². The van der Waals surface area contributed by atoms with Crippen LogP contribution in [0, 0.1) is 0 Å². The van der Waals surface area contributed by atoms with Crippen molar-refractivity contribution in [1.82, 2.24) is 0 Å². The van der Waals surface area contributed by atoms with Crippen LogP contribution in [-0.2, 0) is 12.3 Å². The maximum absolute atomic E-state index is 10.6. The van der Waals surface area contributed by atoms with Gasteiger partial charge in [0.05, 0.1) is 32.1 Å². The van der Waals surface area contributed by atoms with E-state index in [2.05, 4.69) is 324 Å². The van der Waals surface area contributed by atoms with Gasteiger partial charge in [-0.25, -0.2) is 0 Å². The number of halogens is 2. The fourth-order valence-electron chi connectivity index (χ4n) is 16.9. The molecule has 0 radical (unpaired) electrons. The maximum Gasteiger partial charge on any atom is 1.00 e. The minimum atomic E-state index is -1.97. The summed E-state index contributed by atoms with van der Waals surface area (Å²) in [6.07, 6.45) is 65.0. The van der Waals surface area contributed by atoms with E-state index in [-0.39, 0.29) is 70.9 Å². The summed E-state index contributed by atoms with van der Waals surface area (Å²) >= 11 is 0. The van der Waals surface area contributed by atoms with Crippen LogP contribution < -0.4 is 115 Å². The van der Waals surface area contributed by atoms with Gasteiger partial charge in [0.25, 0.3) is 0 Å². The monoisotopic (exact) mass is 1920 g/mol. The van der Waals surface area contributed by atoms with E-state index in [4.69, 9.17) is 19.3 Å². The van der Waals surface area contributed by atoms with Gasteiger partial charge in [0.15, 0.2) is 0 Å². The zero-order valence-electron chi connectivity index (χ0n) is 79.6. The van der Waals surface area contributed by atoms with Gasteiger partial charge >= 0.3 is 29.6 Å². The molecule has 11 rings (SSSR count). The zero-order chi connectivity index (χ0) is 88.4. The molecule has 11 aromatic rings. The van der Waals surface area contributed by atoms with Gasteiger partial charge in [0.2, 0.25) is 0 Å². The number of carbonyl (C=O) groups is 1. The maximum atomic E-state index is 10.6. The number of aldehydes is 1. The molecule has 0 N–H and O–H groups in total. The van der Waals surface area contributed by atoms with Gasteiger partial charge in [0, 0.05) is 5.56 Å². The Hall–Kier alpha value is -7.25. The molecule has 0 unspecified atom stereocenters. The average molecular weight is 1930 g/mol. The molecule has 10 heteroatoms. The minimum absolute atomic E-state index is 0. The second-order valence-corrected chi connectivity index (χ2v) is 41.2. The molecule has 11 aromatic carbocycles. The smallest absolute Gasteiger partial charge is 1.00 e. The Kier molecular flexibility index (Phi) is 65.6. The number of unbranched alkanes of at least 4 members (excludes halogenated alkanes) is 36. The van der Waals surface area contributed by atoms with Crippen molar-refractivity contribution >= 4 is 76.9 Å². The van der Waals surface area contributed by atoms with Crippen LogP contribution in [0.15, 0.2) is 303 Å². The molecule has 0 bridgehead atoms. The quantitative estimate of drug-likeness (QED) is 0.0125. The Balaban J connectivity index is 0.000000423. The topological polar surface area (TPSA) is 67.8 Å². The van der Waals surface area contributed by atoms with E-state index in [9.17, 15) is 4.79 Å². The molecular formula is C120H159Br2NaO5P2. The van der Waals surface area contributed by atoms with Crippen LogP contribution in [0.2, 0.25) is 0 Å². The molecule has 0 aliphatic carbocycles. The third-order valence-electron chi connectivity index (χ3n) is 24.2. The van der Waals surface area contributed by atoms with Crippen LogP contribution in [0.25, 0.3) is 24.3 Å². The second kappa shape index (κ2) is 74.1. The third kappa shape index (κ3) is 44.7. The summed E-state index contributed by atoms with van der Waals surface area (Å²) in [4.78, 5) is 10.6. The van der Waals surface area contributed by atoms with E-state index in [0.29, 0.717) is 5.56 Å². The number of hydrogen-bond donors (Lipinski definition) is 0. The fourth-order valence-corrected chi connectivity index (χ4v) is 25.3. The van der Waals surface area contributed by atoms with Gasteiger partial charge in [-0.05, 0) is 174 Å². The Bertz CT molecular complexity index is 4080. The fraction of sp³-hybridized carbons (Fsp3) is 0.408. The summed E-state index contributed by atoms with van der Waals surface area (Å²) in [5, 5.41) is 16.7. The zero-order valence-corrected chi connectivity index (χ0v) is 86.5. The van der Waals surface area contributed by atoms with Crippen molar-refractivity contribution in [3.05, 3.63) is 342 Å². The molecule has 0 aliphatic rings. The van der Waals surface area contributed by atoms with Crippen molar-refractivity contribution in [2.24, 2.45) is 0 Å². The molecule has 0 amide bonds. The summed E-state index contributed by atoms with van der Waals surface area (Å²) in [6, 6.07) is 110. The van der Waals surface area contributed by atoms with Gasteiger partial charge in [-0.2, -0.15) is 7.11 Å². The van der Waals surface area contributed by atoms with Crippen molar-refractivity contribution in [3.8, 4) is 17.2 Å². The molecular weight excluding hydrogens is 1770 g/mol. The first kappa shape index (κ1) is 115. The predicted octanol–water partition coefficient (Wildman–Crippen LogP) is 23.2. The van der Waals surface area contributed by atoms with Gasteiger partial charge in [-0.15, -0.1) is 0 Å². The van der Waals surface area contributed by atoms with E-state index in [1.165, 1.54) is 296 Å². The number of hydrogen-bond acceptors (Lipinski definition) is 5. The van der Waals surface area contributed by atoms with E-state index in [1.807, 2.05) is 12.1 Å². The standard InChI is InChI=1S/C52H78O2.C44H38P2.C22H36O2.CH3O.CH4.2BrH.Na/c1-3-5-7-9-11-13-15-17-19-21-23-25-27-45-53-51-41-37-49(38-42-51)35-33-47-29-31-48(32-30-47)34-36-50-39-43-52(44-40-50)54-46-28-26-24-22-20-18-16-14-12-10-8-6-4-2;1-7-19-39(20-8-1)45(40-21-9-2-10-22-40,41-23-11-3-12-24-41)35-37-31-33-38(34-32-37)36-46(42-25-13-4-14-26-42,43-27-15-5-16-28-43)44-29-17-6-18-30-44;1-2-3-4-5-6-7-8-9-10-11-12-13-14-19-24-22-17-15-21(20-23)16-18-22;1-2;;;;/h29-44H,3-28,45-46H2,1-2H3;1-34H,35-36H2;15-18,20H,2-14,19H2,1H3;1H3;1H4;2*1H;/q;+2;;-1;;;;+1/p-2. The number of rotatable bonds is 60. The Morgan fingerprint density at radius 3 is 0.562 bits per heavy atom. The van der Waals surface area contributed by atoms with E-state index < -0.39 is 14.5 Å². The van der Waals surface area contributed by atoms with Crippen molar-refractivity contribution in [2.75, 3.05) is 26.9 Å². The summed E-state index contributed by atoms with van der Waals surface area (Å²) in [5.41, 5.74) is 8.20. The van der Waals surface area contributed by atoms with Crippen LogP contribution in [0.4, 0.5) is 0 Å². The van der Waals surface area contributed by atoms with Crippen LogP contribution in [0.3, 0.4) is 0 Å². The molecule has 0 atom stereocenters. The molecule has 0 aromatic heterocycles. The molecule has 0 aliphatic heterocycles. The Morgan fingerprint density at radius 2 is 0.385 bits per heavy atom. The van der Waals surface area contributed by atoms with Crippen LogP contribution in [0.5, 0.6) is 17.2 Å². The van der Waals surface area contributed by atoms with Crippen LogP contribution in [0.1, 0.15) is 322 Å². The first-order valence-corrected chi connectivity index (χ1v) is 53.1. The van der Waals surface area contributed by atoms with Crippen molar-refractivity contribution in [1.29, 1.82) is 0 Å². The molecule has 0 spiro atoms. The average Bonchev–Trinajstić information content (AvgIpc) is 0.764. The molecule has 694 valence electrons. The normalized spacial score (nSPS) is 11.0. The summed E-state index contributed by atoms with van der Waals surface area (Å²) < 4.78 is 17.7. The number of carbonyl (C=O) groups excluding carboxylic acids is 1. The van der Waals surface area contributed by atoms with E-state index in [0.717, 1.165) is 82.1 Å². The molecule has 0 heterocycles. The van der Waals surface area contributed by atoms with E-state index in [1.54, 1.807) is 12.1 Å². The summed E-state index contributed by atoms with van der Waals surface area (Å²) in [7, 11) is -3.19. The summed E-state index contributed by atoms with van der Waals surface area (Å²) in [5.74, 6) is 2.79. The van der Waals surface area contributed by atoms with Gasteiger partial charge in [0.1, 0.15) is 69.9 Å². The predicted molar refractivity (Wildman–Crippen MR) is 559 cm³/mol. The van der Waals surface area contributed by atoms with Gasteiger partial charge in [-0.3, -0.25) is 4.79 Å². The third-order valence-corrected chi connectivity index (χ3v) is 33.0. The molecule has 0 fully saturated rings. The van der Waals surface area contributed by atoms with E-state index >= 15 is 0 Å². The first-order valence-electron chi connectivity index (χ1n) is 49.1. The van der Waals surface area contributed by atoms with Gasteiger partial charge < -0.3 is 53.3 Å². The first-order chi connectivity index (χ1) is 62.4. The SMILES string of the molecule is C.CCCCCCCCCCCCCCCOc1ccc(C=Cc2ccc(C=Cc3ccc(OCCCCCCCCCCCCCCC)cc3)cc2)cc1.CCCCCCCCCCCCCCCOc1ccc(C=O)cc1.C[O-].[Br-].[Br-].[Na+].c1ccc([P+](Cc2ccc(C[P+](c3ccccc3)(c3ccccc3)c3ccccc3)cc2)(c2ccccc2)c2ccccc2)cc1. The van der Waals surface area contributed by atoms with Crippen molar-refractivity contribution in [2.45, 2.75) is 291 Å². The Labute approximate surface area is 834 Å². The van der Waals surface area contributed by atoms with Crippen LogP contribution in [-0.4, -0.2) is 33.2 Å². The second-order valence-electron chi connectivity index (χ2n) is 34.2. The molecule has 130 heavy (non-hydrogen) atoms. The summed E-state index contributed by atoms with van der Waals surface area (Å²) in [6.45, 7) is 9.26. The number of benzene rings is 11. The molecule has 5 nitrogen and oxygen atoms in total.